The maximum atomic E-state index is 7.22. The van der Waals surface area contributed by atoms with Crippen molar-refractivity contribution in [1.82, 2.24) is 4.90 Å². The molecule has 0 radical (unpaired) electrons. The maximum Gasteiger partial charge on any atom is 0.158 e. The Bertz CT molecular complexity index is 538. The fourth-order valence-electron chi connectivity index (χ4n) is 2.68. The molecule has 0 amide bonds. The molecule has 0 aliphatic carbocycles. The summed E-state index contributed by atoms with van der Waals surface area (Å²) in [6.45, 7) is 8.92. The summed E-state index contributed by atoms with van der Waals surface area (Å²) >= 11 is 6.19. The topological polar surface area (TPSA) is 68.4 Å². The smallest absolute Gasteiger partial charge is 0.158 e. The number of nitrogens with zero attached hydrogens (tertiary/aromatic N) is 2. The number of rotatable bonds is 4. The zero-order valence-electron chi connectivity index (χ0n) is 13.7. The number of benzene rings is 1. The third-order valence-electron chi connectivity index (χ3n) is 4.21. The predicted octanol–water partition coefficient (Wildman–Crippen LogP) is 2.93. The van der Waals surface area contributed by atoms with E-state index in [-0.39, 0.29) is 5.17 Å². The van der Waals surface area contributed by atoms with Gasteiger partial charge < -0.3 is 16.0 Å². The van der Waals surface area contributed by atoms with Crippen LogP contribution in [0.4, 0.5) is 11.4 Å². The Kier molecular flexibility index (Phi) is 6.68. The van der Waals surface area contributed by atoms with Crippen LogP contribution < -0.4 is 16.0 Å². The Labute approximate surface area is 148 Å². The van der Waals surface area contributed by atoms with E-state index in [1.54, 1.807) is 0 Å². The molecule has 4 N–H and O–H groups in total. The van der Waals surface area contributed by atoms with Gasteiger partial charge in [-0.25, -0.2) is 0 Å². The second-order valence-electron chi connectivity index (χ2n) is 5.71. The third-order valence-corrected chi connectivity index (χ3v) is 5.07. The van der Waals surface area contributed by atoms with Crippen LogP contribution in [0.5, 0.6) is 0 Å². The number of hydrogen-bond acceptors (Lipinski definition) is 5. The minimum absolute atomic E-state index is 0.00158. The summed E-state index contributed by atoms with van der Waals surface area (Å²) in [6.07, 6.45) is 1.21. The van der Waals surface area contributed by atoms with Gasteiger partial charge in [-0.05, 0) is 49.4 Å². The van der Waals surface area contributed by atoms with E-state index in [2.05, 4.69) is 41.1 Å². The summed E-state index contributed by atoms with van der Waals surface area (Å²) in [5, 5.41) is 10.3. The quantitative estimate of drug-likeness (QED) is 0.440. The molecule has 2 rings (SSSR count). The lowest BCUT2D eigenvalue weighted by Crippen LogP contribution is -2.49. The summed E-state index contributed by atoms with van der Waals surface area (Å²) < 4.78 is 0.493. The van der Waals surface area contributed by atoms with Crippen LogP contribution >= 0.6 is 24.0 Å². The van der Waals surface area contributed by atoms with Crippen molar-refractivity contribution in [2.45, 2.75) is 26.3 Å². The Balaban J connectivity index is 1.88. The lowest BCUT2D eigenvalue weighted by atomic mass is 10.1. The monoisotopic (exact) mass is 351 g/mol. The fourth-order valence-corrected chi connectivity index (χ4v) is 3.43. The van der Waals surface area contributed by atoms with E-state index in [0.29, 0.717) is 10.4 Å². The molecule has 23 heavy (non-hydrogen) atoms. The lowest BCUT2D eigenvalue weighted by Gasteiger charge is -2.39. The maximum absolute atomic E-state index is 7.22. The first kappa shape index (κ1) is 18.0. The van der Waals surface area contributed by atoms with Crippen LogP contribution in [-0.4, -0.2) is 46.6 Å². The number of anilines is 2. The molecule has 1 aromatic carbocycles. The van der Waals surface area contributed by atoms with Crippen molar-refractivity contribution in [3.8, 4) is 0 Å². The van der Waals surface area contributed by atoms with Crippen LogP contribution in [0.15, 0.2) is 24.3 Å². The lowest BCUT2D eigenvalue weighted by molar-refractivity contribution is 0.193. The first-order chi connectivity index (χ1) is 11.0. The Morgan fingerprint density at radius 3 is 2.43 bits per heavy atom. The van der Waals surface area contributed by atoms with E-state index in [1.807, 2.05) is 12.1 Å². The van der Waals surface area contributed by atoms with E-state index >= 15 is 0 Å². The molecule has 1 fully saturated rings. The van der Waals surface area contributed by atoms with E-state index in [1.165, 1.54) is 12.1 Å². The normalized spacial score (nSPS) is 16.9. The van der Waals surface area contributed by atoms with E-state index < -0.39 is 0 Å². The van der Waals surface area contributed by atoms with Crippen molar-refractivity contribution in [2.24, 2.45) is 5.73 Å². The second kappa shape index (κ2) is 8.52. The van der Waals surface area contributed by atoms with Crippen LogP contribution in [0.2, 0.25) is 0 Å². The Morgan fingerprint density at radius 1 is 1.30 bits per heavy atom. The van der Waals surface area contributed by atoms with Gasteiger partial charge in [0.2, 0.25) is 0 Å². The van der Waals surface area contributed by atoms with Crippen LogP contribution in [0.1, 0.15) is 20.3 Å². The molecule has 1 aliphatic rings. The molecule has 1 unspecified atom stereocenters. The molecule has 5 nitrogen and oxygen atoms in total. The molecule has 1 atom stereocenters. The van der Waals surface area contributed by atoms with Gasteiger partial charge in [-0.1, -0.05) is 19.1 Å². The summed E-state index contributed by atoms with van der Waals surface area (Å²) in [5.41, 5.74) is 7.48. The molecular weight excluding hydrogens is 326 g/mol. The van der Waals surface area contributed by atoms with Gasteiger partial charge in [0.1, 0.15) is 4.32 Å². The van der Waals surface area contributed by atoms with Gasteiger partial charge in [-0.15, -0.1) is 0 Å². The molecule has 1 heterocycles. The van der Waals surface area contributed by atoms with Crippen molar-refractivity contribution in [3.63, 3.8) is 0 Å². The van der Waals surface area contributed by atoms with Crippen LogP contribution in [-0.2, 0) is 0 Å². The number of thioether (sulfide) groups is 1. The molecule has 0 saturated carbocycles. The molecule has 126 valence electrons. The summed E-state index contributed by atoms with van der Waals surface area (Å²) in [4.78, 5) is 4.98. The number of hydrogen-bond donors (Lipinski definition) is 3. The number of thiocarbonyl (C=S) groups is 1. The zero-order chi connectivity index (χ0) is 16.8. The number of piperazine rings is 1. The first-order valence-electron chi connectivity index (χ1n) is 7.91. The van der Waals surface area contributed by atoms with Crippen molar-refractivity contribution < 1.29 is 0 Å². The second-order valence-corrected chi connectivity index (χ2v) is 7.42. The van der Waals surface area contributed by atoms with Gasteiger partial charge in [0.15, 0.2) is 5.17 Å². The molecular formula is C16H25N5S2. The number of nitrogens with one attached hydrogen (secondary N) is 2. The number of amidine groups is 1. The largest absolute Gasteiger partial charge is 0.378 e. The Morgan fingerprint density at radius 2 is 1.91 bits per heavy atom. The van der Waals surface area contributed by atoms with Crippen molar-refractivity contribution in [2.75, 3.05) is 36.4 Å². The SMILES string of the molecule is CCC(C)N1CCN(c2ccc(NC(=S)SC(=N)N)cc2)CC1. The average Bonchev–Trinajstić information content (AvgIpc) is 2.54. The van der Waals surface area contributed by atoms with E-state index in [0.717, 1.165) is 43.6 Å². The van der Waals surface area contributed by atoms with Crippen LogP contribution in [0, 0.1) is 5.41 Å². The van der Waals surface area contributed by atoms with Gasteiger partial charge in [0.05, 0.1) is 0 Å². The third kappa shape index (κ3) is 5.37. The summed E-state index contributed by atoms with van der Waals surface area (Å²) in [5.74, 6) is 0. The summed E-state index contributed by atoms with van der Waals surface area (Å²) in [6, 6.07) is 8.93. The average molecular weight is 352 g/mol. The standard InChI is InChI=1S/C16H25N5S2/c1-3-12(2)20-8-10-21(11-9-20)14-6-4-13(5-7-14)19-16(22)23-15(17)18/h4-7,12H,3,8-11H2,1-2H3,(H3,17,18)(H,19,22). The van der Waals surface area contributed by atoms with E-state index in [9.17, 15) is 0 Å². The minimum Gasteiger partial charge on any atom is -0.378 e. The molecule has 7 heteroatoms. The summed E-state index contributed by atoms with van der Waals surface area (Å²) in [7, 11) is 0. The highest BCUT2D eigenvalue weighted by Gasteiger charge is 2.20. The molecule has 1 aromatic rings. The van der Waals surface area contributed by atoms with Crippen molar-refractivity contribution >= 4 is 44.8 Å². The van der Waals surface area contributed by atoms with Crippen molar-refractivity contribution in [1.29, 1.82) is 5.41 Å². The highest BCUT2D eigenvalue weighted by molar-refractivity contribution is 8.33. The molecule has 1 saturated heterocycles. The van der Waals surface area contributed by atoms with Crippen molar-refractivity contribution in [3.05, 3.63) is 24.3 Å². The fraction of sp³-hybridized carbons (Fsp3) is 0.500. The molecule has 0 spiro atoms. The van der Waals surface area contributed by atoms with Gasteiger partial charge in [0, 0.05) is 43.6 Å². The zero-order valence-corrected chi connectivity index (χ0v) is 15.3. The minimum atomic E-state index is -0.00158. The first-order valence-corrected chi connectivity index (χ1v) is 9.14. The van der Waals surface area contributed by atoms with E-state index in [4.69, 9.17) is 23.4 Å². The van der Waals surface area contributed by atoms with Crippen LogP contribution in [0.3, 0.4) is 0 Å². The molecule has 0 bridgehead atoms. The van der Waals surface area contributed by atoms with Crippen LogP contribution in [0.25, 0.3) is 0 Å². The number of nitrogens with two attached hydrogens (primary N) is 1. The van der Waals surface area contributed by atoms with Gasteiger partial charge in [-0.2, -0.15) is 0 Å². The highest BCUT2D eigenvalue weighted by atomic mass is 32.2. The van der Waals surface area contributed by atoms with Gasteiger partial charge in [0.25, 0.3) is 0 Å². The molecule has 0 aromatic heterocycles. The highest BCUT2D eigenvalue weighted by Crippen LogP contribution is 2.21. The van der Waals surface area contributed by atoms with Gasteiger partial charge in [-0.3, -0.25) is 10.3 Å². The molecule has 1 aliphatic heterocycles. The van der Waals surface area contributed by atoms with Gasteiger partial charge >= 0.3 is 0 Å². The predicted molar refractivity (Wildman–Crippen MR) is 106 cm³/mol. The Hall–Kier alpha value is -1.31.